The summed E-state index contributed by atoms with van der Waals surface area (Å²) in [4.78, 5) is 0. The summed E-state index contributed by atoms with van der Waals surface area (Å²) < 4.78 is 17.2. The fourth-order valence-electron chi connectivity index (χ4n) is 1.91. The summed E-state index contributed by atoms with van der Waals surface area (Å²) in [5.74, 6) is 0.875. The minimum atomic E-state index is 0.565. The Kier molecular flexibility index (Phi) is 6.30. The lowest BCUT2D eigenvalue weighted by atomic mass is 10.1. The summed E-state index contributed by atoms with van der Waals surface area (Å²) in [5, 5.41) is 2.37. The first-order valence-electron chi connectivity index (χ1n) is 6.68. The average Bonchev–Trinajstić information content (AvgIpc) is 2.46. The number of rotatable bonds is 8. The van der Waals surface area contributed by atoms with Crippen LogP contribution < -0.4 is 4.74 Å². The normalized spacial score (nSPS) is 10.9. The highest BCUT2D eigenvalue weighted by Crippen LogP contribution is 2.24. The molecule has 3 nitrogen and oxygen atoms in total. The van der Waals surface area contributed by atoms with Crippen LogP contribution in [0.4, 0.5) is 0 Å². The molecule has 0 aliphatic heterocycles. The molecule has 0 heterocycles. The van der Waals surface area contributed by atoms with Gasteiger partial charge in [-0.05, 0) is 41.5 Å². The third-order valence-corrected chi connectivity index (χ3v) is 3.40. The lowest BCUT2D eigenvalue weighted by Crippen LogP contribution is -2.08. The molecule has 0 aliphatic carbocycles. The molecule has 2 aromatic carbocycles. The molecule has 0 radical (unpaired) electrons. The molecule has 4 heteroatoms. The SMILES string of the molecule is COCCCOCCOc1ccc2cc(Br)ccc2c1. The molecule has 2 aromatic rings. The summed E-state index contributed by atoms with van der Waals surface area (Å²) in [5.41, 5.74) is 0. The molecule has 0 fully saturated rings. The van der Waals surface area contributed by atoms with E-state index in [1.165, 1.54) is 10.8 Å². The first kappa shape index (κ1) is 15.3. The molecule has 0 spiro atoms. The van der Waals surface area contributed by atoms with Gasteiger partial charge < -0.3 is 14.2 Å². The lowest BCUT2D eigenvalue weighted by molar-refractivity contribution is 0.0807. The van der Waals surface area contributed by atoms with Crippen molar-refractivity contribution < 1.29 is 14.2 Å². The van der Waals surface area contributed by atoms with Gasteiger partial charge in [0.25, 0.3) is 0 Å². The number of benzene rings is 2. The third-order valence-electron chi connectivity index (χ3n) is 2.91. The number of fused-ring (bicyclic) bond motifs is 1. The Morgan fingerprint density at radius 1 is 0.900 bits per heavy atom. The zero-order valence-electron chi connectivity index (χ0n) is 11.6. The Labute approximate surface area is 128 Å². The van der Waals surface area contributed by atoms with Gasteiger partial charge in [-0.25, -0.2) is 0 Å². The van der Waals surface area contributed by atoms with Crippen LogP contribution in [0.5, 0.6) is 5.75 Å². The van der Waals surface area contributed by atoms with Crippen molar-refractivity contribution in [3.05, 3.63) is 40.9 Å². The zero-order valence-corrected chi connectivity index (χ0v) is 13.2. The highest BCUT2D eigenvalue weighted by atomic mass is 79.9. The van der Waals surface area contributed by atoms with Crippen molar-refractivity contribution >= 4 is 26.7 Å². The van der Waals surface area contributed by atoms with E-state index in [2.05, 4.69) is 34.1 Å². The summed E-state index contributed by atoms with van der Waals surface area (Å²) in [6.07, 6.45) is 0.918. The van der Waals surface area contributed by atoms with Crippen LogP contribution in [0.3, 0.4) is 0 Å². The maximum atomic E-state index is 5.68. The van der Waals surface area contributed by atoms with E-state index in [9.17, 15) is 0 Å². The smallest absolute Gasteiger partial charge is 0.120 e. The first-order chi connectivity index (χ1) is 9.79. The van der Waals surface area contributed by atoms with E-state index in [0.717, 1.165) is 23.2 Å². The summed E-state index contributed by atoms with van der Waals surface area (Å²) in [7, 11) is 1.70. The number of methoxy groups -OCH3 is 1. The minimum absolute atomic E-state index is 0.565. The monoisotopic (exact) mass is 338 g/mol. The van der Waals surface area contributed by atoms with E-state index in [0.29, 0.717) is 19.8 Å². The maximum Gasteiger partial charge on any atom is 0.120 e. The summed E-state index contributed by atoms with van der Waals surface area (Å²) in [6.45, 7) is 2.61. The molecule has 0 N–H and O–H groups in total. The van der Waals surface area contributed by atoms with Crippen molar-refractivity contribution in [2.45, 2.75) is 6.42 Å². The number of hydrogen-bond donors (Lipinski definition) is 0. The van der Waals surface area contributed by atoms with Crippen LogP contribution in [0.1, 0.15) is 6.42 Å². The standard InChI is InChI=1S/C16H19BrO3/c1-18-7-2-8-19-9-10-20-16-6-4-13-11-15(17)5-3-14(13)12-16/h3-6,11-12H,2,7-10H2,1H3. The first-order valence-corrected chi connectivity index (χ1v) is 7.48. The Morgan fingerprint density at radius 2 is 1.70 bits per heavy atom. The Bertz CT molecular complexity index is 542. The fraction of sp³-hybridized carbons (Fsp3) is 0.375. The average molecular weight is 339 g/mol. The predicted octanol–water partition coefficient (Wildman–Crippen LogP) is 4.03. The molecule has 0 aliphatic rings. The van der Waals surface area contributed by atoms with Gasteiger partial charge in [-0.1, -0.05) is 28.1 Å². The van der Waals surface area contributed by atoms with Crippen molar-refractivity contribution in [3.8, 4) is 5.75 Å². The third kappa shape index (κ3) is 4.78. The Hall–Kier alpha value is -1.10. The topological polar surface area (TPSA) is 27.7 Å². The molecule has 0 aromatic heterocycles. The van der Waals surface area contributed by atoms with E-state index < -0.39 is 0 Å². The van der Waals surface area contributed by atoms with Gasteiger partial charge in [0.1, 0.15) is 12.4 Å². The summed E-state index contributed by atoms with van der Waals surface area (Å²) in [6, 6.07) is 12.3. The quantitative estimate of drug-likeness (QED) is 0.680. The van der Waals surface area contributed by atoms with Gasteiger partial charge in [-0.15, -0.1) is 0 Å². The molecule has 0 amide bonds. The van der Waals surface area contributed by atoms with Crippen LogP contribution in [0.15, 0.2) is 40.9 Å². The van der Waals surface area contributed by atoms with Gasteiger partial charge in [0.05, 0.1) is 6.61 Å². The number of hydrogen-bond acceptors (Lipinski definition) is 3. The zero-order chi connectivity index (χ0) is 14.2. The second kappa shape index (κ2) is 8.25. The van der Waals surface area contributed by atoms with E-state index in [1.54, 1.807) is 7.11 Å². The molecular formula is C16H19BrO3. The van der Waals surface area contributed by atoms with Gasteiger partial charge in [-0.2, -0.15) is 0 Å². The van der Waals surface area contributed by atoms with Crippen LogP contribution >= 0.6 is 15.9 Å². The van der Waals surface area contributed by atoms with E-state index in [1.807, 2.05) is 18.2 Å². The second-order valence-electron chi connectivity index (χ2n) is 4.46. The van der Waals surface area contributed by atoms with Crippen molar-refractivity contribution in [3.63, 3.8) is 0 Å². The summed E-state index contributed by atoms with van der Waals surface area (Å²) >= 11 is 3.47. The van der Waals surface area contributed by atoms with Crippen LogP contribution in [0.2, 0.25) is 0 Å². The van der Waals surface area contributed by atoms with Crippen LogP contribution in [-0.2, 0) is 9.47 Å². The van der Waals surface area contributed by atoms with Gasteiger partial charge in [0.15, 0.2) is 0 Å². The molecule has 0 saturated heterocycles. The van der Waals surface area contributed by atoms with Gasteiger partial charge >= 0.3 is 0 Å². The number of halogens is 1. The van der Waals surface area contributed by atoms with Crippen molar-refractivity contribution in [1.29, 1.82) is 0 Å². The van der Waals surface area contributed by atoms with E-state index in [4.69, 9.17) is 14.2 Å². The maximum absolute atomic E-state index is 5.68. The molecule has 0 atom stereocenters. The number of ether oxygens (including phenoxy) is 3. The highest BCUT2D eigenvalue weighted by molar-refractivity contribution is 9.10. The van der Waals surface area contributed by atoms with Gasteiger partial charge in [0.2, 0.25) is 0 Å². The van der Waals surface area contributed by atoms with Crippen molar-refractivity contribution in [2.75, 3.05) is 33.5 Å². The fourth-order valence-corrected chi connectivity index (χ4v) is 2.29. The molecule has 20 heavy (non-hydrogen) atoms. The van der Waals surface area contributed by atoms with Gasteiger partial charge in [-0.3, -0.25) is 0 Å². The minimum Gasteiger partial charge on any atom is -0.491 e. The van der Waals surface area contributed by atoms with Gasteiger partial charge in [0, 0.05) is 24.8 Å². The predicted molar refractivity (Wildman–Crippen MR) is 84.5 cm³/mol. The Balaban J connectivity index is 1.77. The molecule has 108 valence electrons. The van der Waals surface area contributed by atoms with E-state index in [-0.39, 0.29) is 0 Å². The largest absolute Gasteiger partial charge is 0.491 e. The van der Waals surface area contributed by atoms with Crippen LogP contribution in [-0.4, -0.2) is 33.5 Å². The van der Waals surface area contributed by atoms with Crippen molar-refractivity contribution in [1.82, 2.24) is 0 Å². The molecule has 0 unspecified atom stereocenters. The van der Waals surface area contributed by atoms with Crippen LogP contribution in [0.25, 0.3) is 10.8 Å². The van der Waals surface area contributed by atoms with Crippen LogP contribution in [0, 0.1) is 0 Å². The molecule has 0 bridgehead atoms. The lowest BCUT2D eigenvalue weighted by Gasteiger charge is -2.08. The molecule has 2 rings (SSSR count). The molecular weight excluding hydrogens is 320 g/mol. The van der Waals surface area contributed by atoms with E-state index >= 15 is 0 Å². The molecule has 0 saturated carbocycles. The Morgan fingerprint density at radius 3 is 2.55 bits per heavy atom. The van der Waals surface area contributed by atoms with Crippen molar-refractivity contribution in [2.24, 2.45) is 0 Å². The second-order valence-corrected chi connectivity index (χ2v) is 5.38. The highest BCUT2D eigenvalue weighted by Gasteiger charge is 1.98.